The summed E-state index contributed by atoms with van der Waals surface area (Å²) >= 11 is 0. The van der Waals surface area contributed by atoms with Crippen molar-refractivity contribution in [1.29, 1.82) is 0 Å². The molecule has 0 radical (unpaired) electrons. The molecule has 0 fully saturated rings. The van der Waals surface area contributed by atoms with Gasteiger partial charge in [0.05, 0.1) is 25.7 Å². The zero-order chi connectivity index (χ0) is 27.4. The molecular weight excluding hydrogens is 488 g/mol. The fourth-order valence-corrected chi connectivity index (χ4v) is 4.29. The number of aliphatic hydroxyl groups is 1. The number of ether oxygens (including phenoxy) is 3. The van der Waals surface area contributed by atoms with Crippen molar-refractivity contribution in [2.24, 2.45) is 5.92 Å². The van der Waals surface area contributed by atoms with Gasteiger partial charge in [-0.2, -0.15) is 0 Å². The van der Waals surface area contributed by atoms with Crippen molar-refractivity contribution in [3.8, 4) is 29.2 Å². The fraction of sp³-hybridized carbons (Fsp3) is 0.464. The number of fused-ring (bicyclic) bond motifs is 2. The molecular formula is C28H34N4O6. The molecule has 3 atom stereocenters. The van der Waals surface area contributed by atoms with Crippen LogP contribution in [-0.4, -0.2) is 103 Å². The minimum Gasteiger partial charge on any atom is -0.472 e. The highest BCUT2D eigenvalue weighted by Crippen LogP contribution is 2.33. The molecule has 2 aromatic rings. The van der Waals surface area contributed by atoms with E-state index < -0.39 is 12.1 Å². The van der Waals surface area contributed by atoms with E-state index in [-0.39, 0.29) is 49.1 Å². The van der Waals surface area contributed by atoms with Crippen molar-refractivity contribution in [2.75, 3.05) is 54.2 Å². The van der Waals surface area contributed by atoms with Crippen LogP contribution in [0.5, 0.6) is 17.4 Å². The third kappa shape index (κ3) is 6.01. The Morgan fingerprint density at radius 1 is 1.24 bits per heavy atom. The molecule has 0 spiro atoms. The van der Waals surface area contributed by atoms with E-state index in [2.05, 4.69) is 16.8 Å². The van der Waals surface area contributed by atoms with Crippen LogP contribution in [0.2, 0.25) is 0 Å². The number of benzene rings is 1. The summed E-state index contributed by atoms with van der Waals surface area (Å²) in [5.74, 6) is 6.79. The second kappa shape index (κ2) is 11.7. The summed E-state index contributed by atoms with van der Waals surface area (Å²) in [6.07, 6.45) is 1.12. The summed E-state index contributed by atoms with van der Waals surface area (Å²) < 4.78 is 17.0. The van der Waals surface area contributed by atoms with E-state index in [0.717, 1.165) is 0 Å². The van der Waals surface area contributed by atoms with Crippen LogP contribution in [0.3, 0.4) is 0 Å². The smallest absolute Gasteiger partial charge is 0.259 e. The number of nitrogens with zero attached hydrogens (tertiary/aromatic N) is 4. The lowest BCUT2D eigenvalue weighted by Gasteiger charge is -2.37. The van der Waals surface area contributed by atoms with Crippen molar-refractivity contribution in [1.82, 2.24) is 19.7 Å². The maximum absolute atomic E-state index is 13.5. The molecule has 38 heavy (non-hydrogen) atoms. The van der Waals surface area contributed by atoms with Crippen LogP contribution in [0.15, 0.2) is 30.5 Å². The van der Waals surface area contributed by atoms with Gasteiger partial charge in [0.2, 0.25) is 12.7 Å². The van der Waals surface area contributed by atoms with Gasteiger partial charge < -0.3 is 29.1 Å². The zero-order valence-electron chi connectivity index (χ0n) is 22.4. The average Bonchev–Trinajstić information content (AvgIpc) is 3.37. The van der Waals surface area contributed by atoms with Gasteiger partial charge in [-0.3, -0.25) is 14.5 Å². The number of amides is 2. The number of aromatic nitrogens is 1. The Hall–Kier alpha value is -3.81. The summed E-state index contributed by atoms with van der Waals surface area (Å²) in [7, 11) is 5.56. The van der Waals surface area contributed by atoms with E-state index in [9.17, 15) is 14.7 Å². The number of carbonyl (C=O) groups excluding carboxylic acids is 2. The van der Waals surface area contributed by atoms with Gasteiger partial charge in [0.1, 0.15) is 11.7 Å². The lowest BCUT2D eigenvalue weighted by Crippen LogP contribution is -2.50. The largest absolute Gasteiger partial charge is 0.472 e. The predicted molar refractivity (Wildman–Crippen MR) is 140 cm³/mol. The van der Waals surface area contributed by atoms with Gasteiger partial charge in [0, 0.05) is 36.8 Å². The number of aliphatic hydroxyl groups excluding tert-OH is 1. The number of rotatable bonds is 6. The Morgan fingerprint density at radius 2 is 2.00 bits per heavy atom. The first-order valence-electron chi connectivity index (χ1n) is 12.5. The van der Waals surface area contributed by atoms with Crippen LogP contribution in [-0.2, 0) is 0 Å². The second-order valence-corrected chi connectivity index (χ2v) is 9.99. The first kappa shape index (κ1) is 27.2. The van der Waals surface area contributed by atoms with Gasteiger partial charge in [-0.25, -0.2) is 4.98 Å². The molecule has 2 amide bonds. The molecule has 1 N–H and O–H groups in total. The highest BCUT2D eigenvalue weighted by molar-refractivity contribution is 5.97. The van der Waals surface area contributed by atoms with Crippen molar-refractivity contribution in [2.45, 2.75) is 26.0 Å². The third-order valence-electron chi connectivity index (χ3n) is 6.57. The standard InChI is InChI=1S/C28H34N4O6/c1-18-14-32(19(2)16-33)28(35)22-11-20(7-6-10-30(3)4)13-29-26(22)38-25(18)15-31(5)27(34)21-8-9-23-24(12-21)37-17-36-23/h8-9,11-13,18-19,25,33H,10,14-17H2,1-5H3/t18-,19-,25-/m0/s1. The normalized spacial score (nSPS) is 19.0. The van der Waals surface area contributed by atoms with E-state index in [1.165, 1.54) is 0 Å². The molecule has 3 heterocycles. The van der Waals surface area contributed by atoms with Gasteiger partial charge in [-0.15, -0.1) is 0 Å². The average molecular weight is 523 g/mol. The Bertz CT molecular complexity index is 1250. The molecule has 10 nitrogen and oxygen atoms in total. The number of carbonyl (C=O) groups is 2. The van der Waals surface area contributed by atoms with Crippen molar-refractivity contribution in [3.63, 3.8) is 0 Å². The maximum atomic E-state index is 13.5. The summed E-state index contributed by atoms with van der Waals surface area (Å²) in [4.78, 5) is 36.4. The molecule has 0 aliphatic carbocycles. The van der Waals surface area contributed by atoms with Gasteiger partial charge in [0.15, 0.2) is 11.5 Å². The van der Waals surface area contributed by atoms with Crippen LogP contribution in [0.1, 0.15) is 40.1 Å². The third-order valence-corrected chi connectivity index (χ3v) is 6.57. The fourth-order valence-electron chi connectivity index (χ4n) is 4.29. The van der Waals surface area contributed by atoms with Crippen molar-refractivity contribution < 1.29 is 28.9 Å². The SMILES string of the molecule is C[C@H]1CN([C@@H](C)CO)C(=O)c2cc(C#CCN(C)C)cnc2O[C@H]1CN(C)C(=O)c1ccc2c(c1)OCO2. The monoisotopic (exact) mass is 522 g/mol. The van der Waals surface area contributed by atoms with E-state index in [4.69, 9.17) is 14.2 Å². The van der Waals surface area contributed by atoms with E-state index in [1.807, 2.05) is 25.9 Å². The molecule has 10 heteroatoms. The molecule has 0 saturated heterocycles. The Balaban J connectivity index is 1.60. The van der Waals surface area contributed by atoms with Crippen LogP contribution < -0.4 is 14.2 Å². The van der Waals surface area contributed by atoms with Gasteiger partial charge in [-0.05, 0) is 45.3 Å². The Kier molecular flexibility index (Phi) is 8.39. The lowest BCUT2D eigenvalue weighted by molar-refractivity contribution is 0.0313. The second-order valence-electron chi connectivity index (χ2n) is 9.99. The number of pyridine rings is 1. The summed E-state index contributed by atoms with van der Waals surface area (Å²) in [5.41, 5.74) is 1.35. The summed E-state index contributed by atoms with van der Waals surface area (Å²) in [6.45, 7) is 4.87. The number of likely N-dealkylation sites (N-methyl/N-ethyl adjacent to an activating group) is 1. The molecule has 2 aliphatic heterocycles. The molecule has 0 unspecified atom stereocenters. The molecule has 1 aromatic carbocycles. The number of hydrogen-bond acceptors (Lipinski definition) is 8. The van der Waals surface area contributed by atoms with Crippen molar-refractivity contribution in [3.05, 3.63) is 47.2 Å². The highest BCUT2D eigenvalue weighted by atomic mass is 16.7. The van der Waals surface area contributed by atoms with E-state index >= 15 is 0 Å². The topological polar surface area (TPSA) is 105 Å². The summed E-state index contributed by atoms with van der Waals surface area (Å²) in [6, 6.07) is 6.36. The quantitative estimate of drug-likeness (QED) is 0.572. The zero-order valence-corrected chi connectivity index (χ0v) is 22.4. The first-order valence-corrected chi connectivity index (χ1v) is 12.5. The molecule has 4 rings (SSSR count). The van der Waals surface area contributed by atoms with E-state index in [1.54, 1.807) is 54.2 Å². The number of hydrogen-bond donors (Lipinski definition) is 1. The lowest BCUT2D eigenvalue weighted by atomic mass is 9.99. The van der Waals surface area contributed by atoms with Crippen LogP contribution in [0.4, 0.5) is 0 Å². The first-order chi connectivity index (χ1) is 18.2. The Morgan fingerprint density at radius 3 is 2.74 bits per heavy atom. The van der Waals surface area contributed by atoms with Crippen LogP contribution >= 0.6 is 0 Å². The molecule has 0 saturated carbocycles. The van der Waals surface area contributed by atoms with Gasteiger partial charge in [0.25, 0.3) is 11.8 Å². The minimum atomic E-state index is -0.462. The summed E-state index contributed by atoms with van der Waals surface area (Å²) in [5, 5.41) is 9.86. The van der Waals surface area contributed by atoms with Gasteiger partial charge >= 0.3 is 0 Å². The molecule has 1 aromatic heterocycles. The highest BCUT2D eigenvalue weighted by Gasteiger charge is 2.35. The van der Waals surface area contributed by atoms with Crippen LogP contribution in [0, 0.1) is 17.8 Å². The maximum Gasteiger partial charge on any atom is 0.259 e. The predicted octanol–water partition coefficient (Wildman–Crippen LogP) is 1.72. The Labute approximate surface area is 223 Å². The molecule has 2 aliphatic rings. The van der Waals surface area contributed by atoms with Gasteiger partial charge in [-0.1, -0.05) is 18.8 Å². The minimum absolute atomic E-state index is 0.132. The molecule has 202 valence electrons. The van der Waals surface area contributed by atoms with Crippen molar-refractivity contribution >= 4 is 11.8 Å². The molecule has 0 bridgehead atoms. The van der Waals surface area contributed by atoms with Crippen LogP contribution in [0.25, 0.3) is 0 Å². The van der Waals surface area contributed by atoms with E-state index in [0.29, 0.717) is 35.7 Å².